The maximum atomic E-state index is 14.8. The number of pyridine rings is 1. The van der Waals surface area contributed by atoms with Crippen molar-refractivity contribution in [3.63, 3.8) is 0 Å². The van der Waals surface area contributed by atoms with Crippen LogP contribution in [0.25, 0.3) is 33.2 Å². The highest BCUT2D eigenvalue weighted by molar-refractivity contribution is 5.88. The Morgan fingerprint density at radius 2 is 1.65 bits per heavy atom. The molecule has 0 spiro atoms. The van der Waals surface area contributed by atoms with E-state index in [4.69, 9.17) is 5.73 Å². The highest BCUT2D eigenvalue weighted by Gasteiger charge is 2.18. The van der Waals surface area contributed by atoms with Gasteiger partial charge in [0, 0.05) is 43.0 Å². The van der Waals surface area contributed by atoms with Gasteiger partial charge in [0.25, 0.3) is 5.56 Å². The molecule has 9 heteroatoms. The van der Waals surface area contributed by atoms with E-state index in [-0.39, 0.29) is 22.3 Å². The van der Waals surface area contributed by atoms with Gasteiger partial charge in [-0.3, -0.25) is 4.79 Å². The quantitative estimate of drug-likeness (QED) is 0.453. The molecule has 174 valence electrons. The van der Waals surface area contributed by atoms with E-state index in [0.29, 0.717) is 22.5 Å². The van der Waals surface area contributed by atoms with Gasteiger partial charge < -0.3 is 20.5 Å². The summed E-state index contributed by atoms with van der Waals surface area (Å²) >= 11 is 0. The second-order valence-electron chi connectivity index (χ2n) is 8.60. The predicted octanol–water partition coefficient (Wildman–Crippen LogP) is 3.57. The third kappa shape index (κ3) is 3.99. The predicted molar refractivity (Wildman–Crippen MR) is 130 cm³/mol. The number of aromatic amines is 1. The third-order valence-electron chi connectivity index (χ3n) is 6.24. The molecule has 0 bridgehead atoms. The first kappa shape index (κ1) is 22.0. The molecule has 0 amide bonds. The largest absolute Gasteiger partial charge is 0.383 e. The fourth-order valence-electron chi connectivity index (χ4n) is 4.35. The molecule has 0 radical (unpaired) electrons. The van der Waals surface area contributed by atoms with Crippen molar-refractivity contribution in [2.45, 2.75) is 6.92 Å². The van der Waals surface area contributed by atoms with Crippen molar-refractivity contribution in [3.8, 4) is 22.3 Å². The SMILES string of the molecule is Cc1nc2cc(-c3cc(-c4ccc(N5CCN(C)CC5)cc4)c(F)nc3N)cc(F)c2c(=O)[nH]1. The Balaban J connectivity index is 1.55. The number of H-pyrrole nitrogens is 1. The molecule has 2 aromatic carbocycles. The molecule has 34 heavy (non-hydrogen) atoms. The number of anilines is 2. The van der Waals surface area contributed by atoms with Crippen molar-refractivity contribution in [1.29, 1.82) is 0 Å². The van der Waals surface area contributed by atoms with Crippen molar-refractivity contribution in [2.75, 3.05) is 43.9 Å². The van der Waals surface area contributed by atoms with Crippen molar-refractivity contribution < 1.29 is 8.78 Å². The topological polar surface area (TPSA) is 91.1 Å². The summed E-state index contributed by atoms with van der Waals surface area (Å²) in [6, 6.07) is 11.9. The summed E-state index contributed by atoms with van der Waals surface area (Å²) in [4.78, 5) is 27.3. The Hall–Kier alpha value is -3.85. The molecular weight excluding hydrogens is 438 g/mol. The fraction of sp³-hybridized carbons (Fsp3) is 0.240. The maximum Gasteiger partial charge on any atom is 0.261 e. The van der Waals surface area contributed by atoms with Crippen molar-refractivity contribution in [2.24, 2.45) is 0 Å². The lowest BCUT2D eigenvalue weighted by Gasteiger charge is -2.34. The number of aromatic nitrogens is 3. The maximum absolute atomic E-state index is 14.8. The number of rotatable bonds is 3. The first-order valence-electron chi connectivity index (χ1n) is 11.0. The minimum Gasteiger partial charge on any atom is -0.383 e. The van der Waals surface area contributed by atoms with Gasteiger partial charge in [-0.2, -0.15) is 4.39 Å². The van der Waals surface area contributed by atoms with E-state index in [9.17, 15) is 13.6 Å². The van der Waals surface area contributed by atoms with E-state index in [0.717, 1.165) is 31.9 Å². The number of nitrogens with zero attached hydrogens (tertiary/aromatic N) is 4. The second-order valence-corrected chi connectivity index (χ2v) is 8.60. The zero-order valence-electron chi connectivity index (χ0n) is 18.9. The number of nitrogen functional groups attached to an aromatic ring is 1. The van der Waals surface area contributed by atoms with Crippen LogP contribution in [0.4, 0.5) is 20.3 Å². The number of nitrogens with one attached hydrogen (secondary N) is 1. The van der Waals surface area contributed by atoms with Crippen LogP contribution in [0, 0.1) is 18.7 Å². The van der Waals surface area contributed by atoms with Gasteiger partial charge in [-0.15, -0.1) is 0 Å². The normalized spacial score (nSPS) is 14.6. The number of hydrogen-bond acceptors (Lipinski definition) is 6. The number of fused-ring (bicyclic) bond motifs is 1. The van der Waals surface area contributed by atoms with Gasteiger partial charge in [-0.1, -0.05) is 12.1 Å². The summed E-state index contributed by atoms with van der Waals surface area (Å²) in [7, 11) is 2.10. The van der Waals surface area contributed by atoms with E-state index in [1.807, 2.05) is 24.3 Å². The molecule has 1 fully saturated rings. The summed E-state index contributed by atoms with van der Waals surface area (Å²) < 4.78 is 29.6. The standard InChI is InChI=1S/C25H24F2N6O/c1-14-29-21-12-16(11-20(26)22(21)25(34)30-14)19-13-18(23(27)31-24(19)28)15-3-5-17(6-4-15)33-9-7-32(2)8-10-33/h3-6,11-13H,7-10H2,1-2H3,(H2,28,31)(H,29,30,34). The van der Waals surface area contributed by atoms with E-state index in [1.165, 1.54) is 6.07 Å². The minimum atomic E-state index is -0.733. The molecule has 0 aliphatic carbocycles. The number of nitrogens with two attached hydrogens (primary N) is 1. The van der Waals surface area contributed by atoms with Crippen LogP contribution in [0.3, 0.4) is 0 Å². The van der Waals surface area contributed by atoms with Gasteiger partial charge in [-0.25, -0.2) is 14.4 Å². The Morgan fingerprint density at radius 1 is 0.941 bits per heavy atom. The van der Waals surface area contributed by atoms with Crippen LogP contribution in [0.1, 0.15) is 5.82 Å². The summed E-state index contributed by atoms with van der Waals surface area (Å²) in [5, 5.41) is -0.136. The molecule has 7 nitrogen and oxygen atoms in total. The lowest BCUT2D eigenvalue weighted by atomic mass is 9.99. The first-order valence-corrected chi connectivity index (χ1v) is 11.0. The van der Waals surface area contributed by atoms with Crippen molar-refractivity contribution in [3.05, 3.63) is 70.4 Å². The molecule has 4 aromatic rings. The lowest BCUT2D eigenvalue weighted by molar-refractivity contribution is 0.313. The van der Waals surface area contributed by atoms with Crippen LogP contribution in [-0.4, -0.2) is 53.1 Å². The Kier molecular flexibility index (Phi) is 5.49. The molecule has 1 aliphatic rings. The van der Waals surface area contributed by atoms with E-state index in [1.54, 1.807) is 19.1 Å². The number of halogens is 2. The molecule has 5 rings (SSSR count). The highest BCUT2D eigenvalue weighted by Crippen LogP contribution is 2.34. The number of piperazine rings is 1. The van der Waals surface area contributed by atoms with Crippen LogP contribution in [0.2, 0.25) is 0 Å². The van der Waals surface area contributed by atoms with Crippen LogP contribution < -0.4 is 16.2 Å². The summed E-state index contributed by atoms with van der Waals surface area (Å²) in [6.45, 7) is 5.46. The Labute approximate surface area is 194 Å². The molecule has 1 aliphatic heterocycles. The molecule has 1 saturated heterocycles. The molecule has 3 heterocycles. The van der Waals surface area contributed by atoms with Crippen molar-refractivity contribution >= 4 is 22.4 Å². The Bertz CT molecular complexity index is 1440. The van der Waals surface area contributed by atoms with Gasteiger partial charge in [0.05, 0.1) is 5.52 Å². The fourth-order valence-corrected chi connectivity index (χ4v) is 4.35. The van der Waals surface area contributed by atoms with Crippen LogP contribution in [0.5, 0.6) is 0 Å². The highest BCUT2D eigenvalue weighted by atomic mass is 19.1. The number of likely N-dealkylation sites (N-methyl/N-ethyl adjacent to an activating group) is 1. The molecule has 3 N–H and O–H groups in total. The minimum absolute atomic E-state index is 0.0735. The van der Waals surface area contributed by atoms with Gasteiger partial charge in [-0.05, 0) is 55.4 Å². The van der Waals surface area contributed by atoms with E-state index >= 15 is 0 Å². The molecule has 2 aromatic heterocycles. The van der Waals surface area contributed by atoms with Crippen LogP contribution in [0.15, 0.2) is 47.3 Å². The Morgan fingerprint density at radius 3 is 2.35 bits per heavy atom. The average Bonchev–Trinajstić information content (AvgIpc) is 2.79. The number of benzene rings is 2. The van der Waals surface area contributed by atoms with Crippen LogP contribution in [-0.2, 0) is 0 Å². The first-order chi connectivity index (χ1) is 16.3. The van der Waals surface area contributed by atoms with E-state index < -0.39 is 17.3 Å². The van der Waals surface area contributed by atoms with Crippen molar-refractivity contribution in [1.82, 2.24) is 19.9 Å². The third-order valence-corrected chi connectivity index (χ3v) is 6.24. The second kappa shape index (κ2) is 8.49. The lowest BCUT2D eigenvalue weighted by Crippen LogP contribution is -2.44. The van der Waals surface area contributed by atoms with Gasteiger partial charge >= 0.3 is 0 Å². The molecule has 0 saturated carbocycles. The van der Waals surface area contributed by atoms with Gasteiger partial charge in [0.2, 0.25) is 5.95 Å². The molecular formula is C25H24F2N6O. The summed E-state index contributed by atoms with van der Waals surface area (Å²) in [5.74, 6) is -1.15. The van der Waals surface area contributed by atoms with E-state index in [2.05, 4.69) is 31.8 Å². The van der Waals surface area contributed by atoms with Gasteiger partial charge in [0.1, 0.15) is 22.8 Å². The monoisotopic (exact) mass is 462 g/mol. The van der Waals surface area contributed by atoms with Crippen LogP contribution >= 0.6 is 0 Å². The summed E-state index contributed by atoms with van der Waals surface area (Å²) in [5.41, 5.74) is 8.34. The number of aryl methyl sites for hydroxylation is 1. The van der Waals surface area contributed by atoms with Gasteiger partial charge in [0.15, 0.2) is 0 Å². The zero-order chi connectivity index (χ0) is 24.0. The average molecular weight is 463 g/mol. The molecule has 0 atom stereocenters. The smallest absolute Gasteiger partial charge is 0.261 e. The zero-order valence-corrected chi connectivity index (χ0v) is 18.9. The summed E-state index contributed by atoms with van der Waals surface area (Å²) in [6.07, 6.45) is 0. The molecule has 0 unspecified atom stereocenters. The number of hydrogen-bond donors (Lipinski definition) is 2.